The van der Waals surface area contributed by atoms with Crippen LogP contribution in [0.25, 0.3) is 0 Å². The number of ether oxygens (including phenoxy) is 2. The van der Waals surface area contributed by atoms with Gasteiger partial charge < -0.3 is 14.8 Å². The first-order valence-corrected chi connectivity index (χ1v) is 11.9. The highest BCUT2D eigenvalue weighted by molar-refractivity contribution is 7.17. The molecule has 1 aliphatic rings. The second kappa shape index (κ2) is 9.86. The molecule has 0 fully saturated rings. The molecule has 1 aromatic heterocycles. The number of carbonyl (C=O) groups excluding carboxylic acids is 2. The Morgan fingerprint density at radius 1 is 1.23 bits per heavy atom. The SMILES string of the molecule is CC[C@H](Oc1ccccc1)C(=O)Nc1sc2c(c1C(=O)OC)CC[C@H](C(C)(C)CC)C2. The molecule has 2 aromatic rings. The van der Waals surface area contributed by atoms with E-state index < -0.39 is 12.1 Å². The molecule has 1 aliphatic carbocycles. The minimum absolute atomic E-state index is 0.243. The summed E-state index contributed by atoms with van der Waals surface area (Å²) >= 11 is 1.51. The standard InChI is InChI=1S/C25H33NO4S/c1-6-19(30-17-11-9-8-10-12-17)22(27)26-23-21(24(28)29-5)18-14-13-16(15-20(18)31-23)25(3,4)7-2/h8-12,16,19H,6-7,13-15H2,1-5H3,(H,26,27)/t16-,19-/m0/s1. The average molecular weight is 444 g/mol. The van der Waals surface area contributed by atoms with Crippen molar-refractivity contribution in [1.29, 1.82) is 0 Å². The van der Waals surface area contributed by atoms with Crippen LogP contribution < -0.4 is 10.1 Å². The number of rotatable bonds is 8. The summed E-state index contributed by atoms with van der Waals surface area (Å²) in [5.74, 6) is 0.564. The number of hydrogen-bond acceptors (Lipinski definition) is 5. The van der Waals surface area contributed by atoms with Crippen LogP contribution in [0.15, 0.2) is 30.3 Å². The Balaban J connectivity index is 1.85. The van der Waals surface area contributed by atoms with Gasteiger partial charge in [0.15, 0.2) is 6.10 Å². The van der Waals surface area contributed by atoms with E-state index in [0.717, 1.165) is 31.2 Å². The van der Waals surface area contributed by atoms with E-state index in [1.807, 2.05) is 37.3 Å². The van der Waals surface area contributed by atoms with E-state index in [9.17, 15) is 9.59 Å². The lowest BCUT2D eigenvalue weighted by Crippen LogP contribution is -2.32. The number of carbonyl (C=O) groups is 2. The minimum Gasteiger partial charge on any atom is -0.481 e. The molecule has 168 valence electrons. The topological polar surface area (TPSA) is 64.6 Å². The van der Waals surface area contributed by atoms with Crippen molar-refractivity contribution in [2.24, 2.45) is 11.3 Å². The van der Waals surface area contributed by atoms with Crippen molar-refractivity contribution < 1.29 is 19.1 Å². The van der Waals surface area contributed by atoms with Crippen LogP contribution >= 0.6 is 11.3 Å². The number of esters is 1. The zero-order valence-electron chi connectivity index (χ0n) is 19.1. The third-order valence-corrected chi connectivity index (χ3v) is 7.76. The fraction of sp³-hybridized carbons (Fsp3) is 0.520. The summed E-state index contributed by atoms with van der Waals surface area (Å²) in [7, 11) is 1.39. The van der Waals surface area contributed by atoms with E-state index in [1.54, 1.807) is 0 Å². The van der Waals surface area contributed by atoms with Crippen LogP contribution in [0, 0.1) is 11.3 Å². The number of amides is 1. The fourth-order valence-electron chi connectivity index (χ4n) is 4.13. The number of hydrogen-bond donors (Lipinski definition) is 1. The molecule has 1 amide bonds. The smallest absolute Gasteiger partial charge is 0.341 e. The predicted octanol–water partition coefficient (Wildman–Crippen LogP) is 5.87. The zero-order chi connectivity index (χ0) is 22.6. The Morgan fingerprint density at radius 2 is 1.94 bits per heavy atom. The summed E-state index contributed by atoms with van der Waals surface area (Å²) in [5, 5.41) is 3.55. The predicted molar refractivity (Wildman–Crippen MR) is 125 cm³/mol. The number of nitrogens with one attached hydrogen (secondary N) is 1. The van der Waals surface area contributed by atoms with Crippen LogP contribution in [0.1, 0.15) is 67.8 Å². The third kappa shape index (κ3) is 5.12. The molecular weight excluding hydrogens is 410 g/mol. The van der Waals surface area contributed by atoms with Crippen molar-refractivity contribution in [3.8, 4) is 5.75 Å². The Bertz CT molecular complexity index is 919. The Labute approximate surface area is 189 Å². The quantitative estimate of drug-likeness (QED) is 0.518. The normalized spacial score (nSPS) is 16.9. The molecule has 5 nitrogen and oxygen atoms in total. The lowest BCUT2D eigenvalue weighted by molar-refractivity contribution is -0.122. The second-order valence-electron chi connectivity index (χ2n) is 8.80. The number of thiophene rings is 1. The molecule has 0 unspecified atom stereocenters. The molecule has 31 heavy (non-hydrogen) atoms. The van der Waals surface area contributed by atoms with Gasteiger partial charge >= 0.3 is 5.97 Å². The van der Waals surface area contributed by atoms with Gasteiger partial charge in [0, 0.05) is 4.88 Å². The van der Waals surface area contributed by atoms with Crippen molar-refractivity contribution in [2.45, 2.75) is 65.9 Å². The van der Waals surface area contributed by atoms with E-state index >= 15 is 0 Å². The van der Waals surface area contributed by atoms with Crippen molar-refractivity contribution in [2.75, 3.05) is 12.4 Å². The number of anilines is 1. The van der Waals surface area contributed by atoms with Gasteiger partial charge in [0.25, 0.3) is 5.91 Å². The molecule has 3 rings (SSSR count). The van der Waals surface area contributed by atoms with E-state index in [0.29, 0.717) is 28.7 Å². The third-order valence-electron chi connectivity index (χ3n) is 6.59. The van der Waals surface area contributed by atoms with Gasteiger partial charge in [-0.3, -0.25) is 4.79 Å². The molecule has 1 heterocycles. The molecular formula is C25H33NO4S. The van der Waals surface area contributed by atoms with Crippen LogP contribution in [0.5, 0.6) is 5.75 Å². The van der Waals surface area contributed by atoms with Gasteiger partial charge in [-0.1, -0.05) is 52.3 Å². The summed E-state index contributed by atoms with van der Waals surface area (Å²) in [6.45, 7) is 8.76. The minimum atomic E-state index is -0.640. The lowest BCUT2D eigenvalue weighted by Gasteiger charge is -2.36. The largest absolute Gasteiger partial charge is 0.481 e. The van der Waals surface area contributed by atoms with E-state index in [2.05, 4.69) is 26.1 Å². The zero-order valence-corrected chi connectivity index (χ0v) is 19.9. The number of para-hydroxylation sites is 1. The molecule has 2 atom stereocenters. The first-order chi connectivity index (χ1) is 14.8. The van der Waals surface area contributed by atoms with Crippen LogP contribution in [0.4, 0.5) is 5.00 Å². The first kappa shape index (κ1) is 23.3. The lowest BCUT2D eigenvalue weighted by atomic mass is 9.69. The number of methoxy groups -OCH3 is 1. The molecule has 0 saturated heterocycles. The monoisotopic (exact) mass is 443 g/mol. The molecule has 1 N–H and O–H groups in total. The Kier molecular flexibility index (Phi) is 7.42. The van der Waals surface area contributed by atoms with Gasteiger partial charge in [0.1, 0.15) is 10.8 Å². The van der Waals surface area contributed by atoms with Crippen molar-refractivity contribution in [1.82, 2.24) is 0 Å². The van der Waals surface area contributed by atoms with Gasteiger partial charge in [-0.15, -0.1) is 11.3 Å². The maximum absolute atomic E-state index is 13.0. The highest BCUT2D eigenvalue weighted by atomic mass is 32.1. The summed E-state index contributed by atoms with van der Waals surface area (Å²) in [6.07, 6.45) is 3.79. The highest BCUT2D eigenvalue weighted by Gasteiger charge is 2.36. The van der Waals surface area contributed by atoms with Gasteiger partial charge in [-0.2, -0.15) is 0 Å². The molecule has 0 spiro atoms. The number of benzene rings is 1. The fourth-order valence-corrected chi connectivity index (χ4v) is 5.44. The molecule has 1 aromatic carbocycles. The van der Waals surface area contributed by atoms with E-state index in [1.165, 1.54) is 23.3 Å². The van der Waals surface area contributed by atoms with Gasteiger partial charge in [0.05, 0.1) is 12.7 Å². The van der Waals surface area contributed by atoms with Gasteiger partial charge in [0.2, 0.25) is 0 Å². The maximum atomic E-state index is 13.0. The molecule has 6 heteroatoms. The first-order valence-electron chi connectivity index (χ1n) is 11.1. The van der Waals surface area contributed by atoms with Crippen molar-refractivity contribution in [3.63, 3.8) is 0 Å². The van der Waals surface area contributed by atoms with E-state index in [-0.39, 0.29) is 11.3 Å². The van der Waals surface area contributed by atoms with Crippen LogP contribution in [-0.4, -0.2) is 25.1 Å². The summed E-state index contributed by atoms with van der Waals surface area (Å²) in [6, 6.07) is 9.30. The molecule has 0 radical (unpaired) electrons. The van der Waals surface area contributed by atoms with Gasteiger partial charge in [-0.25, -0.2) is 4.79 Å². The molecule has 0 aliphatic heterocycles. The van der Waals surface area contributed by atoms with Gasteiger partial charge in [-0.05, 0) is 54.7 Å². The second-order valence-corrected chi connectivity index (χ2v) is 9.90. The van der Waals surface area contributed by atoms with Crippen molar-refractivity contribution in [3.05, 3.63) is 46.3 Å². The Morgan fingerprint density at radius 3 is 2.55 bits per heavy atom. The van der Waals surface area contributed by atoms with Crippen molar-refractivity contribution >= 4 is 28.2 Å². The molecule has 0 saturated carbocycles. The van der Waals surface area contributed by atoms with Crippen LogP contribution in [-0.2, 0) is 22.4 Å². The van der Waals surface area contributed by atoms with Crippen LogP contribution in [0.2, 0.25) is 0 Å². The average Bonchev–Trinajstić information content (AvgIpc) is 3.14. The summed E-state index contributed by atoms with van der Waals surface area (Å²) in [4.78, 5) is 26.8. The summed E-state index contributed by atoms with van der Waals surface area (Å²) < 4.78 is 10.9. The number of fused-ring (bicyclic) bond motifs is 1. The Hall–Kier alpha value is -2.34. The van der Waals surface area contributed by atoms with E-state index in [4.69, 9.17) is 9.47 Å². The summed E-state index contributed by atoms with van der Waals surface area (Å²) in [5.41, 5.74) is 1.79. The maximum Gasteiger partial charge on any atom is 0.341 e. The van der Waals surface area contributed by atoms with Crippen LogP contribution in [0.3, 0.4) is 0 Å². The molecule has 0 bridgehead atoms. The highest BCUT2D eigenvalue weighted by Crippen LogP contribution is 2.45.